The summed E-state index contributed by atoms with van der Waals surface area (Å²) in [5.74, 6) is -0.766. The van der Waals surface area contributed by atoms with Gasteiger partial charge in [0.15, 0.2) is 0 Å². The van der Waals surface area contributed by atoms with E-state index in [4.69, 9.17) is 5.73 Å². The third-order valence-corrected chi connectivity index (χ3v) is 1.62. The maximum absolute atomic E-state index is 12.8. The summed E-state index contributed by atoms with van der Waals surface area (Å²) in [6.45, 7) is 1.66. The smallest absolute Gasteiger partial charge is 0.241 e. The first-order valence-electron chi connectivity index (χ1n) is 3.83. The maximum atomic E-state index is 12.8. The second kappa shape index (κ2) is 3.85. The first kappa shape index (κ1) is 9.45. The Balaban J connectivity index is 2.92. The van der Waals surface area contributed by atoms with Crippen LogP contribution in [-0.4, -0.2) is 5.91 Å². The molecule has 0 unspecified atom stereocenters. The number of primary amides is 1. The number of aryl methyl sites for hydroxylation is 1. The Morgan fingerprint density at radius 1 is 1.54 bits per heavy atom. The van der Waals surface area contributed by atoms with Crippen LogP contribution in [0.25, 0.3) is 6.08 Å². The summed E-state index contributed by atoms with van der Waals surface area (Å²) in [5.41, 5.74) is 6.22. The highest BCUT2D eigenvalue weighted by Gasteiger charge is 1.95. The molecular weight excluding hydrogens is 169 g/mol. The summed E-state index contributed by atoms with van der Waals surface area (Å²) in [4.78, 5) is 10.4. The fraction of sp³-hybridized carbons (Fsp3) is 0.100. The van der Waals surface area contributed by atoms with Crippen molar-refractivity contribution >= 4 is 12.0 Å². The van der Waals surface area contributed by atoms with E-state index in [0.29, 0.717) is 5.56 Å². The quantitative estimate of drug-likeness (QED) is 0.689. The standard InChI is InChI=1S/C10H10FNO/c1-7-6-8(2-4-9(7)11)3-5-10(12)13/h2-6H,1H3,(H2,12,13). The van der Waals surface area contributed by atoms with Gasteiger partial charge in [-0.3, -0.25) is 4.79 Å². The van der Waals surface area contributed by atoms with E-state index in [1.807, 2.05) is 0 Å². The molecule has 0 fully saturated rings. The third-order valence-electron chi connectivity index (χ3n) is 1.62. The predicted molar refractivity (Wildman–Crippen MR) is 49.4 cm³/mol. The average Bonchev–Trinajstić information content (AvgIpc) is 2.07. The molecule has 0 aromatic heterocycles. The van der Waals surface area contributed by atoms with E-state index < -0.39 is 5.91 Å². The molecule has 0 heterocycles. The van der Waals surface area contributed by atoms with Gasteiger partial charge in [0, 0.05) is 6.08 Å². The van der Waals surface area contributed by atoms with Gasteiger partial charge >= 0.3 is 0 Å². The van der Waals surface area contributed by atoms with Crippen LogP contribution < -0.4 is 5.73 Å². The number of amides is 1. The molecule has 13 heavy (non-hydrogen) atoms. The predicted octanol–water partition coefficient (Wildman–Crippen LogP) is 1.63. The van der Waals surface area contributed by atoms with E-state index in [0.717, 1.165) is 5.56 Å². The zero-order valence-electron chi connectivity index (χ0n) is 7.25. The van der Waals surface area contributed by atoms with Crippen LogP contribution in [0.5, 0.6) is 0 Å². The van der Waals surface area contributed by atoms with Crippen LogP contribution in [0.15, 0.2) is 24.3 Å². The summed E-state index contributed by atoms with van der Waals surface area (Å²) in [6.07, 6.45) is 2.79. The van der Waals surface area contributed by atoms with Crippen LogP contribution in [0, 0.1) is 12.7 Å². The van der Waals surface area contributed by atoms with Gasteiger partial charge in [-0.15, -0.1) is 0 Å². The number of nitrogens with two attached hydrogens (primary N) is 1. The Labute approximate surface area is 75.9 Å². The lowest BCUT2D eigenvalue weighted by Gasteiger charge is -1.97. The minimum atomic E-state index is -0.512. The molecule has 2 N–H and O–H groups in total. The number of carbonyl (C=O) groups excluding carboxylic acids is 1. The highest BCUT2D eigenvalue weighted by molar-refractivity contribution is 5.90. The fourth-order valence-corrected chi connectivity index (χ4v) is 0.950. The second-order valence-electron chi connectivity index (χ2n) is 2.74. The lowest BCUT2D eigenvalue weighted by molar-refractivity contribution is -0.113. The Morgan fingerprint density at radius 3 is 2.77 bits per heavy atom. The summed E-state index contributed by atoms with van der Waals surface area (Å²) in [7, 11) is 0. The SMILES string of the molecule is Cc1cc(C=CC(N)=O)ccc1F. The lowest BCUT2D eigenvalue weighted by atomic mass is 10.1. The maximum Gasteiger partial charge on any atom is 0.241 e. The van der Waals surface area contributed by atoms with Gasteiger partial charge in [0.2, 0.25) is 5.91 Å². The fourth-order valence-electron chi connectivity index (χ4n) is 0.950. The Kier molecular flexibility index (Phi) is 2.80. The van der Waals surface area contributed by atoms with Gasteiger partial charge in [-0.05, 0) is 36.3 Å². The van der Waals surface area contributed by atoms with E-state index >= 15 is 0 Å². The largest absolute Gasteiger partial charge is 0.366 e. The number of benzene rings is 1. The Bertz CT molecular complexity index is 358. The molecule has 0 aliphatic heterocycles. The van der Waals surface area contributed by atoms with E-state index in [2.05, 4.69) is 0 Å². The number of carbonyl (C=O) groups is 1. The molecular formula is C10H10FNO. The minimum absolute atomic E-state index is 0.253. The Hall–Kier alpha value is -1.64. The van der Waals surface area contributed by atoms with Gasteiger partial charge in [0.1, 0.15) is 5.82 Å². The molecule has 1 aromatic rings. The molecule has 2 nitrogen and oxygen atoms in total. The van der Waals surface area contributed by atoms with Crippen molar-refractivity contribution in [2.24, 2.45) is 5.73 Å². The molecule has 1 aromatic carbocycles. The van der Waals surface area contributed by atoms with E-state index in [-0.39, 0.29) is 5.82 Å². The van der Waals surface area contributed by atoms with Gasteiger partial charge in [0.05, 0.1) is 0 Å². The molecule has 68 valence electrons. The zero-order valence-corrected chi connectivity index (χ0v) is 7.25. The van der Waals surface area contributed by atoms with Gasteiger partial charge in [0.25, 0.3) is 0 Å². The van der Waals surface area contributed by atoms with Gasteiger partial charge in [-0.25, -0.2) is 4.39 Å². The molecule has 0 aliphatic rings. The van der Waals surface area contributed by atoms with Crippen LogP contribution in [0.3, 0.4) is 0 Å². The highest BCUT2D eigenvalue weighted by atomic mass is 19.1. The van der Waals surface area contributed by atoms with Crippen molar-refractivity contribution in [1.29, 1.82) is 0 Å². The van der Waals surface area contributed by atoms with Crippen LogP contribution in [0.1, 0.15) is 11.1 Å². The number of hydrogen-bond acceptors (Lipinski definition) is 1. The molecule has 1 rings (SSSR count). The zero-order chi connectivity index (χ0) is 9.84. The van der Waals surface area contributed by atoms with Crippen molar-refractivity contribution in [2.45, 2.75) is 6.92 Å². The normalized spacial score (nSPS) is 10.6. The Morgan fingerprint density at radius 2 is 2.23 bits per heavy atom. The van der Waals surface area contributed by atoms with Crippen molar-refractivity contribution in [3.63, 3.8) is 0 Å². The van der Waals surface area contributed by atoms with Gasteiger partial charge in [-0.1, -0.05) is 6.07 Å². The number of rotatable bonds is 2. The van der Waals surface area contributed by atoms with E-state index in [9.17, 15) is 9.18 Å². The molecule has 0 aliphatic carbocycles. The highest BCUT2D eigenvalue weighted by Crippen LogP contribution is 2.10. The molecule has 0 radical (unpaired) electrons. The number of halogens is 1. The molecule has 1 amide bonds. The lowest BCUT2D eigenvalue weighted by Crippen LogP contribution is -2.05. The first-order valence-corrected chi connectivity index (χ1v) is 3.83. The summed E-state index contributed by atoms with van der Waals surface area (Å²) < 4.78 is 12.8. The van der Waals surface area contributed by atoms with Crippen molar-refractivity contribution in [1.82, 2.24) is 0 Å². The van der Waals surface area contributed by atoms with Gasteiger partial charge in [-0.2, -0.15) is 0 Å². The molecule has 0 saturated heterocycles. The second-order valence-corrected chi connectivity index (χ2v) is 2.74. The molecule has 0 bridgehead atoms. The third kappa shape index (κ3) is 2.71. The summed E-state index contributed by atoms with van der Waals surface area (Å²) >= 11 is 0. The van der Waals surface area contributed by atoms with Crippen LogP contribution in [0.2, 0.25) is 0 Å². The van der Waals surface area contributed by atoms with Crippen LogP contribution >= 0.6 is 0 Å². The van der Waals surface area contributed by atoms with Crippen molar-refractivity contribution in [3.05, 3.63) is 41.2 Å². The minimum Gasteiger partial charge on any atom is -0.366 e. The van der Waals surface area contributed by atoms with Crippen LogP contribution in [-0.2, 0) is 4.79 Å². The molecule has 3 heteroatoms. The first-order chi connectivity index (χ1) is 6.09. The topological polar surface area (TPSA) is 43.1 Å². The average molecular weight is 179 g/mol. The molecule has 0 atom stereocenters. The van der Waals surface area contributed by atoms with E-state index in [1.54, 1.807) is 25.1 Å². The summed E-state index contributed by atoms with van der Waals surface area (Å²) in [6, 6.07) is 4.59. The van der Waals surface area contributed by atoms with E-state index in [1.165, 1.54) is 12.1 Å². The van der Waals surface area contributed by atoms with Crippen molar-refractivity contribution < 1.29 is 9.18 Å². The van der Waals surface area contributed by atoms with Crippen LogP contribution in [0.4, 0.5) is 4.39 Å². The molecule has 0 spiro atoms. The monoisotopic (exact) mass is 179 g/mol. The number of hydrogen-bond donors (Lipinski definition) is 1. The van der Waals surface area contributed by atoms with Crippen molar-refractivity contribution in [2.75, 3.05) is 0 Å². The van der Waals surface area contributed by atoms with Crippen molar-refractivity contribution in [3.8, 4) is 0 Å². The molecule has 0 saturated carbocycles. The van der Waals surface area contributed by atoms with Gasteiger partial charge < -0.3 is 5.73 Å². The summed E-state index contributed by atoms with van der Waals surface area (Å²) in [5, 5.41) is 0.